The van der Waals surface area contributed by atoms with Crippen molar-refractivity contribution in [3.8, 4) is 5.75 Å². The molecule has 2 N–H and O–H groups in total. The van der Waals surface area contributed by atoms with E-state index in [9.17, 15) is 14.4 Å². The molecule has 0 radical (unpaired) electrons. The van der Waals surface area contributed by atoms with Crippen LogP contribution in [0.15, 0.2) is 100 Å². The molecule has 47 heavy (non-hydrogen) atoms. The second-order valence-electron chi connectivity index (χ2n) is 11.6. The molecule has 2 aromatic heterocycles. The molecule has 2 atom stereocenters. The van der Waals surface area contributed by atoms with E-state index in [-0.39, 0.29) is 31.0 Å². The summed E-state index contributed by atoms with van der Waals surface area (Å²) in [4.78, 5) is 50.0. The van der Waals surface area contributed by atoms with Gasteiger partial charge in [-0.1, -0.05) is 54.6 Å². The van der Waals surface area contributed by atoms with E-state index in [4.69, 9.17) is 13.9 Å². The minimum absolute atomic E-state index is 0.0378. The summed E-state index contributed by atoms with van der Waals surface area (Å²) in [5.41, 5.74) is 2.80. The fourth-order valence-electron chi connectivity index (χ4n) is 5.85. The number of carbonyl (C=O) groups is 2. The van der Waals surface area contributed by atoms with Crippen LogP contribution in [0.4, 0.5) is 10.8 Å². The quantitative estimate of drug-likeness (QED) is 0.198. The van der Waals surface area contributed by atoms with Crippen molar-refractivity contribution in [2.45, 2.75) is 44.5 Å². The monoisotopic (exact) mass is 633 g/mol. The second kappa shape index (κ2) is 13.3. The van der Waals surface area contributed by atoms with Crippen molar-refractivity contribution >= 4 is 28.9 Å². The van der Waals surface area contributed by atoms with Crippen molar-refractivity contribution in [2.24, 2.45) is 0 Å². The van der Waals surface area contributed by atoms with Crippen LogP contribution in [-0.4, -0.2) is 46.6 Å². The summed E-state index contributed by atoms with van der Waals surface area (Å²) in [5, 5.41) is 6.24. The number of aromatic nitrogens is 2. The Morgan fingerprint density at radius 2 is 1.79 bits per heavy atom. The molecular weight excluding hydrogens is 598 g/mol. The number of aryl methyl sites for hydroxylation is 1. The summed E-state index contributed by atoms with van der Waals surface area (Å²) in [6.45, 7) is 2.42. The molecule has 6 rings (SSSR count). The second-order valence-corrected chi connectivity index (χ2v) is 11.6. The number of alkyl carbamates (subject to hydrolysis) is 1. The number of hydrogen-bond acceptors (Lipinski definition) is 9. The first kappa shape index (κ1) is 31.3. The first-order valence-corrected chi connectivity index (χ1v) is 15.2. The Hall–Kier alpha value is -5.71. The van der Waals surface area contributed by atoms with Gasteiger partial charge in [-0.15, -0.1) is 0 Å². The number of nitrogens with one attached hydrogen (secondary N) is 2. The molecule has 0 bridgehead atoms. The smallest absolute Gasteiger partial charge is 0.407 e. The Bertz CT molecular complexity index is 1950. The summed E-state index contributed by atoms with van der Waals surface area (Å²) in [6.07, 6.45) is 3.16. The van der Waals surface area contributed by atoms with E-state index in [1.807, 2.05) is 60.7 Å². The molecule has 11 nitrogen and oxygen atoms in total. The molecule has 3 aromatic carbocycles. The highest BCUT2D eigenvalue weighted by atomic mass is 16.5. The molecule has 0 saturated heterocycles. The number of ether oxygens (including phenoxy) is 2. The summed E-state index contributed by atoms with van der Waals surface area (Å²) < 4.78 is 16.3. The topological polar surface area (TPSA) is 136 Å². The predicted molar refractivity (Wildman–Crippen MR) is 176 cm³/mol. The average molecular weight is 634 g/mol. The summed E-state index contributed by atoms with van der Waals surface area (Å²) in [5.74, 6) is 0.393. The molecule has 11 heteroatoms. The average Bonchev–Trinajstić information content (AvgIpc) is 3.82. The molecule has 0 aliphatic heterocycles. The Kier molecular flexibility index (Phi) is 8.88. The highest BCUT2D eigenvalue weighted by molar-refractivity contribution is 5.94. The van der Waals surface area contributed by atoms with Crippen LogP contribution in [0.3, 0.4) is 0 Å². The number of nitrogens with zero attached hydrogens (tertiary/aromatic N) is 3. The van der Waals surface area contributed by atoms with E-state index in [1.165, 1.54) is 0 Å². The van der Waals surface area contributed by atoms with E-state index in [0.29, 0.717) is 40.7 Å². The van der Waals surface area contributed by atoms with Crippen LogP contribution in [0.1, 0.15) is 40.2 Å². The van der Waals surface area contributed by atoms with Gasteiger partial charge >= 0.3 is 11.7 Å². The van der Waals surface area contributed by atoms with Crippen molar-refractivity contribution in [3.05, 3.63) is 129 Å². The van der Waals surface area contributed by atoms with Crippen LogP contribution in [-0.2, 0) is 29.2 Å². The van der Waals surface area contributed by atoms with Crippen LogP contribution in [0.5, 0.6) is 5.75 Å². The number of anilines is 1. The maximum atomic E-state index is 14.1. The summed E-state index contributed by atoms with van der Waals surface area (Å²) in [6, 6.07) is 24.4. The molecule has 2 unspecified atom stereocenters. The third kappa shape index (κ3) is 6.79. The first-order valence-electron chi connectivity index (χ1n) is 15.2. The lowest BCUT2D eigenvalue weighted by Crippen LogP contribution is -2.44. The first-order chi connectivity index (χ1) is 22.8. The fourth-order valence-corrected chi connectivity index (χ4v) is 5.85. The van der Waals surface area contributed by atoms with Crippen LogP contribution in [0, 0.1) is 6.92 Å². The number of pyridine rings is 1. The molecule has 0 spiro atoms. The molecule has 2 heterocycles. The van der Waals surface area contributed by atoms with Gasteiger partial charge in [0.15, 0.2) is 0 Å². The van der Waals surface area contributed by atoms with Crippen molar-refractivity contribution < 1.29 is 23.5 Å². The van der Waals surface area contributed by atoms with E-state index in [1.54, 1.807) is 56.6 Å². The minimum atomic E-state index is -1.07. The normalized spacial score (nSPS) is 16.7. The molecule has 1 fully saturated rings. The lowest BCUT2D eigenvalue weighted by atomic mass is 10.0. The third-order valence-electron chi connectivity index (χ3n) is 8.49. The van der Waals surface area contributed by atoms with E-state index < -0.39 is 17.3 Å². The zero-order chi connectivity index (χ0) is 33.0. The largest absolute Gasteiger partial charge is 0.497 e. The number of fused-ring (bicyclic) bond motifs is 1. The van der Waals surface area contributed by atoms with Crippen molar-refractivity contribution in [1.29, 1.82) is 0 Å². The van der Waals surface area contributed by atoms with Gasteiger partial charge in [0.2, 0.25) is 5.91 Å². The minimum Gasteiger partial charge on any atom is -0.497 e. The van der Waals surface area contributed by atoms with Gasteiger partial charge < -0.3 is 29.4 Å². The molecular formula is C36H35N5O6. The van der Waals surface area contributed by atoms with Gasteiger partial charge in [-0.3, -0.25) is 9.78 Å². The van der Waals surface area contributed by atoms with Crippen LogP contribution in [0.25, 0.3) is 10.9 Å². The number of amides is 2. The Morgan fingerprint density at radius 1 is 1.02 bits per heavy atom. The maximum Gasteiger partial charge on any atom is 0.407 e. The highest BCUT2D eigenvalue weighted by Crippen LogP contribution is 2.54. The van der Waals surface area contributed by atoms with Gasteiger partial charge in [0.25, 0.3) is 6.01 Å². The number of benzene rings is 3. The van der Waals surface area contributed by atoms with Crippen LogP contribution < -0.4 is 21.0 Å². The molecule has 240 valence electrons. The predicted octanol–water partition coefficient (Wildman–Crippen LogP) is 5.32. The molecule has 5 aromatic rings. The van der Waals surface area contributed by atoms with Gasteiger partial charge in [-0.2, -0.15) is 4.98 Å². The maximum absolute atomic E-state index is 14.1. The third-order valence-corrected chi connectivity index (χ3v) is 8.49. The van der Waals surface area contributed by atoms with Crippen molar-refractivity contribution in [2.75, 3.05) is 19.5 Å². The summed E-state index contributed by atoms with van der Waals surface area (Å²) in [7, 11) is 3.37. The van der Waals surface area contributed by atoms with E-state index >= 15 is 0 Å². The van der Waals surface area contributed by atoms with Gasteiger partial charge in [0.05, 0.1) is 18.0 Å². The van der Waals surface area contributed by atoms with E-state index in [2.05, 4.69) is 20.6 Å². The number of carbonyl (C=O) groups excluding carboxylic acids is 2. The fraction of sp³-hybridized carbons (Fsp3) is 0.250. The summed E-state index contributed by atoms with van der Waals surface area (Å²) >= 11 is 0. The number of rotatable bonds is 11. The molecule has 1 saturated carbocycles. The zero-order valence-corrected chi connectivity index (χ0v) is 26.4. The zero-order valence-electron chi connectivity index (χ0n) is 26.4. The Labute approximate surface area is 271 Å². The van der Waals surface area contributed by atoms with Crippen molar-refractivity contribution in [1.82, 2.24) is 20.2 Å². The number of methoxy groups -OCH3 is 1. The highest BCUT2D eigenvalue weighted by Gasteiger charge is 2.62. The number of likely N-dealkylation sites (N-methyl/N-ethyl adjacent to an activating group) is 1. The molecule has 1 aliphatic carbocycles. The van der Waals surface area contributed by atoms with Gasteiger partial charge in [-0.05, 0) is 59.9 Å². The van der Waals surface area contributed by atoms with Crippen LogP contribution >= 0.6 is 0 Å². The van der Waals surface area contributed by atoms with Gasteiger partial charge in [-0.25, -0.2) is 9.59 Å². The molecule has 1 aliphatic rings. The standard InChI is InChI=1S/C36H35N5O6/c1-23-27(20-38-35(44)46-22-25-10-7-17-37-19-25)13-16-30-31(23)32(42)47-34(39-30)40-36(18-29(36)26-11-14-28(45-3)15-12-26)33(43)41(2)21-24-8-5-4-6-9-24/h4-17,19,29H,18,20-22H2,1-3H3,(H,38,44)(H,39,40). The van der Waals surface area contributed by atoms with Crippen LogP contribution in [0.2, 0.25) is 0 Å². The Morgan fingerprint density at radius 3 is 2.51 bits per heavy atom. The van der Waals surface area contributed by atoms with Crippen molar-refractivity contribution in [3.63, 3.8) is 0 Å². The lowest BCUT2D eigenvalue weighted by Gasteiger charge is -2.26. The SMILES string of the molecule is COc1ccc(C2CC2(Nc2nc3ccc(CNC(=O)OCc4cccnc4)c(C)c3c(=O)o2)C(=O)N(C)Cc2ccccc2)cc1. The van der Waals surface area contributed by atoms with E-state index in [0.717, 1.165) is 16.7 Å². The lowest BCUT2D eigenvalue weighted by molar-refractivity contribution is -0.132. The molecule has 2 amide bonds. The van der Waals surface area contributed by atoms with Gasteiger partial charge in [0, 0.05) is 44.0 Å². The van der Waals surface area contributed by atoms with Gasteiger partial charge in [0.1, 0.15) is 17.9 Å². The number of hydrogen-bond donors (Lipinski definition) is 2. The Balaban J connectivity index is 1.22.